The Labute approximate surface area is 177 Å². The summed E-state index contributed by atoms with van der Waals surface area (Å²) in [5.41, 5.74) is 4.42. The van der Waals surface area contributed by atoms with Gasteiger partial charge in [0.2, 0.25) is 0 Å². The molecular weight excluding hydrogens is 397 g/mol. The molecule has 3 rings (SSSR count). The molecular formula is C23H28N3O3P. The smallest absolute Gasteiger partial charge is 0.321 e. The van der Waals surface area contributed by atoms with Crippen molar-refractivity contribution >= 4 is 12.9 Å². The molecule has 2 N–H and O–H groups in total. The molecule has 3 heterocycles. The molecule has 0 fully saturated rings. The predicted octanol–water partition coefficient (Wildman–Crippen LogP) is 4.60. The Bertz CT molecular complexity index is 1130. The van der Waals surface area contributed by atoms with Crippen molar-refractivity contribution in [1.29, 1.82) is 0 Å². The fourth-order valence-electron chi connectivity index (χ4n) is 3.00. The van der Waals surface area contributed by atoms with Crippen LogP contribution in [-0.4, -0.2) is 24.7 Å². The average molecular weight is 425 g/mol. The maximum atomic E-state index is 11.7. The van der Waals surface area contributed by atoms with Crippen molar-refractivity contribution in [3.63, 3.8) is 0 Å². The van der Waals surface area contributed by atoms with E-state index in [4.69, 9.17) is 4.98 Å². The molecule has 0 aliphatic rings. The van der Waals surface area contributed by atoms with E-state index in [-0.39, 0.29) is 16.1 Å². The molecule has 0 spiro atoms. The Morgan fingerprint density at radius 2 is 1.17 bits per heavy atom. The van der Waals surface area contributed by atoms with E-state index in [1.54, 1.807) is 6.20 Å². The van der Waals surface area contributed by atoms with E-state index < -0.39 is 7.60 Å². The van der Waals surface area contributed by atoms with Crippen LogP contribution in [0.15, 0.2) is 48.8 Å². The molecule has 0 saturated carbocycles. The highest BCUT2D eigenvalue weighted by molar-refractivity contribution is 7.60. The summed E-state index contributed by atoms with van der Waals surface area (Å²) in [4.78, 5) is 32.7. The van der Waals surface area contributed by atoms with Crippen molar-refractivity contribution < 1.29 is 14.4 Å². The second kappa shape index (κ2) is 7.69. The number of hydrogen-bond acceptors (Lipinski definition) is 4. The van der Waals surface area contributed by atoms with Gasteiger partial charge in [-0.05, 0) is 58.4 Å². The highest BCUT2D eigenvalue weighted by Gasteiger charge is 2.22. The van der Waals surface area contributed by atoms with Crippen LogP contribution in [0.3, 0.4) is 0 Å². The van der Waals surface area contributed by atoms with Crippen LogP contribution in [0.25, 0.3) is 22.8 Å². The van der Waals surface area contributed by atoms with E-state index in [0.29, 0.717) is 17.1 Å². The van der Waals surface area contributed by atoms with Gasteiger partial charge in [0.05, 0.1) is 28.1 Å². The lowest BCUT2D eigenvalue weighted by Crippen LogP contribution is -2.13. The standard InChI is InChI=1S/C23H28N3O3P/c1-22(2,3)15-7-9-24-18(11-15)20-12-16(23(4,5)6)13-21(26-20)19-14-17(8-10-25-19)30(27,28)29/h7-14H,1-6H3,(H2,27,28,29). The third-order valence-electron chi connectivity index (χ3n) is 4.92. The molecule has 3 aromatic rings. The van der Waals surface area contributed by atoms with Crippen LogP contribution >= 0.6 is 7.60 Å². The molecule has 0 bridgehead atoms. The maximum absolute atomic E-state index is 11.7. The first-order valence-electron chi connectivity index (χ1n) is 9.77. The number of pyridine rings is 3. The zero-order valence-electron chi connectivity index (χ0n) is 18.2. The van der Waals surface area contributed by atoms with E-state index in [1.165, 1.54) is 18.3 Å². The summed E-state index contributed by atoms with van der Waals surface area (Å²) in [5.74, 6) is 0. The topological polar surface area (TPSA) is 96.2 Å². The first-order valence-corrected chi connectivity index (χ1v) is 11.4. The Balaban J connectivity index is 2.21. The molecule has 0 aliphatic heterocycles. The van der Waals surface area contributed by atoms with E-state index in [1.807, 2.05) is 24.3 Å². The van der Waals surface area contributed by atoms with Gasteiger partial charge in [0, 0.05) is 12.4 Å². The number of rotatable bonds is 3. The zero-order chi connectivity index (χ0) is 22.3. The third kappa shape index (κ3) is 5.01. The van der Waals surface area contributed by atoms with Gasteiger partial charge in [0.1, 0.15) is 0 Å². The monoisotopic (exact) mass is 425 g/mol. The molecule has 3 aromatic heterocycles. The average Bonchev–Trinajstić information content (AvgIpc) is 2.66. The Morgan fingerprint density at radius 3 is 1.67 bits per heavy atom. The normalized spacial score (nSPS) is 12.8. The van der Waals surface area contributed by atoms with Crippen LogP contribution in [0.5, 0.6) is 0 Å². The highest BCUT2D eigenvalue weighted by atomic mass is 31.2. The second-order valence-corrected chi connectivity index (χ2v) is 11.1. The Morgan fingerprint density at radius 1 is 0.700 bits per heavy atom. The molecule has 0 radical (unpaired) electrons. The fourth-order valence-corrected chi connectivity index (χ4v) is 3.56. The molecule has 6 nitrogen and oxygen atoms in total. The zero-order valence-corrected chi connectivity index (χ0v) is 19.1. The van der Waals surface area contributed by atoms with Crippen molar-refractivity contribution in [1.82, 2.24) is 15.0 Å². The lowest BCUT2D eigenvalue weighted by molar-refractivity contribution is 0.387. The quantitative estimate of drug-likeness (QED) is 0.595. The third-order valence-corrected chi connectivity index (χ3v) is 5.87. The molecule has 7 heteroatoms. The van der Waals surface area contributed by atoms with Crippen LogP contribution in [0.2, 0.25) is 0 Å². The van der Waals surface area contributed by atoms with Crippen molar-refractivity contribution in [2.45, 2.75) is 52.4 Å². The first-order chi connectivity index (χ1) is 13.7. The van der Waals surface area contributed by atoms with Gasteiger partial charge in [0.15, 0.2) is 0 Å². The van der Waals surface area contributed by atoms with Crippen molar-refractivity contribution in [3.8, 4) is 22.8 Å². The van der Waals surface area contributed by atoms with E-state index in [9.17, 15) is 14.4 Å². The molecule has 0 amide bonds. The fraction of sp³-hybridized carbons (Fsp3) is 0.348. The van der Waals surface area contributed by atoms with Crippen LogP contribution < -0.4 is 5.30 Å². The maximum Gasteiger partial charge on any atom is 0.356 e. The lowest BCUT2D eigenvalue weighted by Gasteiger charge is -2.22. The van der Waals surface area contributed by atoms with Crippen molar-refractivity contribution in [3.05, 3.63) is 59.9 Å². The van der Waals surface area contributed by atoms with Crippen LogP contribution in [0.1, 0.15) is 52.7 Å². The molecule has 0 atom stereocenters. The minimum Gasteiger partial charge on any atom is -0.321 e. The lowest BCUT2D eigenvalue weighted by atomic mass is 9.85. The van der Waals surface area contributed by atoms with Crippen LogP contribution in [0.4, 0.5) is 0 Å². The molecule has 0 unspecified atom stereocenters. The minimum atomic E-state index is -4.39. The van der Waals surface area contributed by atoms with E-state index in [0.717, 1.165) is 16.8 Å². The number of hydrogen-bond donors (Lipinski definition) is 2. The summed E-state index contributed by atoms with van der Waals surface area (Å²) in [6.45, 7) is 12.8. The molecule has 30 heavy (non-hydrogen) atoms. The number of aromatic nitrogens is 3. The van der Waals surface area contributed by atoms with Gasteiger partial charge in [-0.3, -0.25) is 14.5 Å². The van der Waals surface area contributed by atoms with Crippen LogP contribution in [-0.2, 0) is 15.4 Å². The summed E-state index contributed by atoms with van der Waals surface area (Å²) >= 11 is 0. The first kappa shape index (κ1) is 22.3. The van der Waals surface area contributed by atoms with Gasteiger partial charge in [-0.15, -0.1) is 0 Å². The Kier molecular flexibility index (Phi) is 5.72. The van der Waals surface area contributed by atoms with Gasteiger partial charge >= 0.3 is 7.60 Å². The van der Waals surface area contributed by atoms with E-state index >= 15 is 0 Å². The minimum absolute atomic E-state index is 0.0263. The highest BCUT2D eigenvalue weighted by Crippen LogP contribution is 2.35. The largest absolute Gasteiger partial charge is 0.356 e. The SMILES string of the molecule is CC(C)(C)c1ccnc(-c2cc(C(C)(C)C)cc(-c3cc(P(=O)(O)O)ccn3)n2)c1. The van der Waals surface area contributed by atoms with E-state index in [2.05, 4.69) is 51.5 Å². The second-order valence-electron chi connectivity index (χ2n) is 9.50. The predicted molar refractivity (Wildman–Crippen MR) is 120 cm³/mol. The van der Waals surface area contributed by atoms with Crippen LogP contribution in [0, 0.1) is 0 Å². The van der Waals surface area contributed by atoms with Crippen molar-refractivity contribution in [2.24, 2.45) is 0 Å². The van der Waals surface area contributed by atoms with Gasteiger partial charge in [-0.2, -0.15) is 0 Å². The summed E-state index contributed by atoms with van der Waals surface area (Å²) in [5, 5.41) is -0.0788. The summed E-state index contributed by atoms with van der Waals surface area (Å²) < 4.78 is 11.7. The van der Waals surface area contributed by atoms with Gasteiger partial charge in [0.25, 0.3) is 0 Å². The van der Waals surface area contributed by atoms with Gasteiger partial charge in [-0.25, -0.2) is 4.98 Å². The molecule has 0 aliphatic carbocycles. The molecule has 0 saturated heterocycles. The van der Waals surface area contributed by atoms with Gasteiger partial charge in [-0.1, -0.05) is 41.5 Å². The molecule has 0 aromatic carbocycles. The van der Waals surface area contributed by atoms with Gasteiger partial charge < -0.3 is 9.79 Å². The summed E-state index contributed by atoms with van der Waals surface area (Å²) in [6, 6.07) is 10.7. The Hall–Kier alpha value is -2.40. The summed E-state index contributed by atoms with van der Waals surface area (Å²) in [7, 11) is -4.39. The van der Waals surface area contributed by atoms with Crippen molar-refractivity contribution in [2.75, 3.05) is 0 Å². The molecule has 158 valence electrons. The summed E-state index contributed by atoms with van der Waals surface area (Å²) in [6.07, 6.45) is 3.18. The number of nitrogens with zero attached hydrogens (tertiary/aromatic N) is 3.